The van der Waals surface area contributed by atoms with E-state index in [4.69, 9.17) is 5.73 Å². The van der Waals surface area contributed by atoms with Crippen LogP contribution in [0.2, 0.25) is 0 Å². The second-order valence-corrected chi connectivity index (χ2v) is 5.03. The van der Waals surface area contributed by atoms with Crippen LogP contribution < -0.4 is 10.5 Å². The number of anilines is 1. The van der Waals surface area contributed by atoms with Gasteiger partial charge in [0.1, 0.15) is 4.90 Å². The molecule has 0 aliphatic carbocycles. The molecule has 0 spiro atoms. The van der Waals surface area contributed by atoms with Crippen LogP contribution in [0.5, 0.6) is 0 Å². The second-order valence-electron chi connectivity index (χ2n) is 3.29. The molecule has 1 aromatic rings. The Kier molecular flexibility index (Phi) is 4.19. The molecule has 0 radical (unpaired) electrons. The van der Waals surface area contributed by atoms with E-state index in [-0.39, 0.29) is 12.2 Å². The van der Waals surface area contributed by atoms with Crippen molar-refractivity contribution in [3.8, 4) is 0 Å². The summed E-state index contributed by atoms with van der Waals surface area (Å²) in [5.41, 5.74) is 5.11. The van der Waals surface area contributed by atoms with E-state index >= 15 is 0 Å². The molecule has 3 N–H and O–H groups in total. The van der Waals surface area contributed by atoms with Crippen molar-refractivity contribution in [2.75, 3.05) is 12.3 Å². The lowest BCUT2D eigenvalue weighted by molar-refractivity contribution is 0.484. The number of sulfonamides is 1. The highest BCUT2D eigenvalue weighted by atomic mass is 32.2. The Balaban J connectivity index is 3.10. The van der Waals surface area contributed by atoms with Gasteiger partial charge in [-0.15, -0.1) is 6.58 Å². The number of halogens is 2. The van der Waals surface area contributed by atoms with E-state index in [1.807, 2.05) is 0 Å². The number of rotatable bonds is 5. The first-order chi connectivity index (χ1) is 7.88. The lowest BCUT2D eigenvalue weighted by Gasteiger charge is -2.08. The standard InChI is InChI=1S/C10H12F2N2O2S/c1-2-3-4-14-17(15,16)9-6-7(13)5-8(11)10(9)12/h2,5-6,14H,1,3-4,13H2. The van der Waals surface area contributed by atoms with Gasteiger partial charge in [-0.1, -0.05) is 6.08 Å². The van der Waals surface area contributed by atoms with Crippen LogP contribution >= 0.6 is 0 Å². The number of nitrogen functional groups attached to an aromatic ring is 1. The maximum absolute atomic E-state index is 13.3. The summed E-state index contributed by atoms with van der Waals surface area (Å²) in [6.45, 7) is 3.47. The molecule has 0 aliphatic rings. The fourth-order valence-corrected chi connectivity index (χ4v) is 2.32. The number of nitrogens with two attached hydrogens (primary N) is 1. The van der Waals surface area contributed by atoms with Gasteiger partial charge in [0.2, 0.25) is 10.0 Å². The highest BCUT2D eigenvalue weighted by molar-refractivity contribution is 7.89. The van der Waals surface area contributed by atoms with Crippen molar-refractivity contribution < 1.29 is 17.2 Å². The SMILES string of the molecule is C=CCCNS(=O)(=O)c1cc(N)cc(F)c1F. The summed E-state index contributed by atoms with van der Waals surface area (Å²) >= 11 is 0. The molecule has 4 nitrogen and oxygen atoms in total. The van der Waals surface area contributed by atoms with E-state index in [2.05, 4.69) is 11.3 Å². The summed E-state index contributed by atoms with van der Waals surface area (Å²) < 4.78 is 51.7. The minimum absolute atomic E-state index is 0.0572. The zero-order valence-electron chi connectivity index (χ0n) is 8.91. The van der Waals surface area contributed by atoms with Crippen molar-refractivity contribution in [1.82, 2.24) is 4.72 Å². The Morgan fingerprint density at radius 3 is 2.65 bits per heavy atom. The van der Waals surface area contributed by atoms with Crippen LogP contribution in [-0.2, 0) is 10.0 Å². The Bertz CT molecular complexity index is 529. The molecule has 0 fully saturated rings. The third kappa shape index (κ3) is 3.24. The van der Waals surface area contributed by atoms with E-state index in [0.29, 0.717) is 6.42 Å². The number of hydrogen-bond acceptors (Lipinski definition) is 3. The molecule has 17 heavy (non-hydrogen) atoms. The Morgan fingerprint density at radius 2 is 2.06 bits per heavy atom. The monoisotopic (exact) mass is 262 g/mol. The van der Waals surface area contributed by atoms with E-state index in [0.717, 1.165) is 12.1 Å². The van der Waals surface area contributed by atoms with Gasteiger partial charge in [0.25, 0.3) is 0 Å². The van der Waals surface area contributed by atoms with Crippen molar-refractivity contribution >= 4 is 15.7 Å². The number of hydrogen-bond donors (Lipinski definition) is 2. The van der Waals surface area contributed by atoms with Gasteiger partial charge in [-0.3, -0.25) is 0 Å². The van der Waals surface area contributed by atoms with Crippen LogP contribution in [-0.4, -0.2) is 15.0 Å². The molecule has 0 amide bonds. The molecule has 0 bridgehead atoms. The Labute approximate surface area is 98.2 Å². The molecular weight excluding hydrogens is 250 g/mol. The number of benzene rings is 1. The molecule has 7 heteroatoms. The molecule has 0 aliphatic heterocycles. The Morgan fingerprint density at radius 1 is 1.41 bits per heavy atom. The third-order valence-corrected chi connectivity index (χ3v) is 3.41. The molecule has 1 rings (SSSR count). The zero-order valence-corrected chi connectivity index (χ0v) is 9.73. The van der Waals surface area contributed by atoms with Gasteiger partial charge < -0.3 is 5.73 Å². The van der Waals surface area contributed by atoms with Gasteiger partial charge in [0.05, 0.1) is 0 Å². The predicted octanol–water partition coefficient (Wildman–Crippen LogP) is 1.40. The molecule has 94 valence electrons. The van der Waals surface area contributed by atoms with Crippen molar-refractivity contribution in [3.05, 3.63) is 36.4 Å². The Hall–Kier alpha value is -1.47. The first-order valence-electron chi connectivity index (χ1n) is 4.73. The molecule has 0 unspecified atom stereocenters. The molecular formula is C10H12F2N2O2S. The normalized spacial score (nSPS) is 11.4. The first kappa shape index (κ1) is 13.6. The topological polar surface area (TPSA) is 72.2 Å². The average molecular weight is 262 g/mol. The van der Waals surface area contributed by atoms with Crippen LogP contribution in [0.25, 0.3) is 0 Å². The predicted molar refractivity (Wildman–Crippen MR) is 60.8 cm³/mol. The molecule has 0 saturated carbocycles. The van der Waals surface area contributed by atoms with Crippen molar-refractivity contribution in [3.63, 3.8) is 0 Å². The molecule has 0 atom stereocenters. The molecule has 0 heterocycles. The highest BCUT2D eigenvalue weighted by Gasteiger charge is 2.21. The lowest BCUT2D eigenvalue weighted by atomic mass is 10.3. The average Bonchev–Trinajstić information content (AvgIpc) is 2.23. The maximum Gasteiger partial charge on any atom is 0.243 e. The minimum atomic E-state index is -4.10. The van der Waals surface area contributed by atoms with Gasteiger partial charge in [0, 0.05) is 12.2 Å². The summed E-state index contributed by atoms with van der Waals surface area (Å²) in [6.07, 6.45) is 1.88. The van der Waals surface area contributed by atoms with Gasteiger partial charge in [-0.25, -0.2) is 21.9 Å². The summed E-state index contributed by atoms with van der Waals surface area (Å²) in [4.78, 5) is -0.793. The minimum Gasteiger partial charge on any atom is -0.399 e. The number of nitrogens with one attached hydrogen (secondary N) is 1. The largest absolute Gasteiger partial charge is 0.399 e. The van der Waals surface area contributed by atoms with Crippen molar-refractivity contribution in [1.29, 1.82) is 0 Å². The second kappa shape index (κ2) is 5.24. The molecule has 0 aromatic heterocycles. The van der Waals surface area contributed by atoms with Crippen LogP contribution in [0.4, 0.5) is 14.5 Å². The summed E-state index contributed by atoms with van der Waals surface area (Å²) in [6, 6.07) is 1.59. The van der Waals surface area contributed by atoms with E-state index < -0.39 is 26.6 Å². The van der Waals surface area contributed by atoms with E-state index in [9.17, 15) is 17.2 Å². The summed E-state index contributed by atoms with van der Waals surface area (Å²) in [5, 5.41) is 0. The van der Waals surface area contributed by atoms with Gasteiger partial charge in [0.15, 0.2) is 11.6 Å². The zero-order chi connectivity index (χ0) is 13.1. The van der Waals surface area contributed by atoms with Gasteiger partial charge in [-0.2, -0.15) is 0 Å². The fourth-order valence-electron chi connectivity index (χ4n) is 1.15. The van der Waals surface area contributed by atoms with Gasteiger partial charge in [-0.05, 0) is 18.6 Å². The van der Waals surface area contributed by atoms with Gasteiger partial charge >= 0.3 is 0 Å². The quantitative estimate of drug-likeness (QED) is 0.478. The van der Waals surface area contributed by atoms with Crippen LogP contribution in [0.15, 0.2) is 29.7 Å². The highest BCUT2D eigenvalue weighted by Crippen LogP contribution is 2.20. The maximum atomic E-state index is 13.3. The van der Waals surface area contributed by atoms with E-state index in [1.165, 1.54) is 6.08 Å². The van der Waals surface area contributed by atoms with Crippen molar-refractivity contribution in [2.24, 2.45) is 0 Å². The lowest BCUT2D eigenvalue weighted by Crippen LogP contribution is -2.25. The first-order valence-corrected chi connectivity index (χ1v) is 6.22. The fraction of sp³-hybridized carbons (Fsp3) is 0.200. The molecule has 0 saturated heterocycles. The van der Waals surface area contributed by atoms with Crippen LogP contribution in [0, 0.1) is 11.6 Å². The molecule has 1 aromatic carbocycles. The smallest absolute Gasteiger partial charge is 0.243 e. The van der Waals surface area contributed by atoms with E-state index in [1.54, 1.807) is 0 Å². The van der Waals surface area contributed by atoms with Crippen LogP contribution in [0.1, 0.15) is 6.42 Å². The van der Waals surface area contributed by atoms with Crippen molar-refractivity contribution in [2.45, 2.75) is 11.3 Å². The summed E-state index contributed by atoms with van der Waals surface area (Å²) in [7, 11) is -4.10. The summed E-state index contributed by atoms with van der Waals surface area (Å²) in [5.74, 6) is -2.74. The third-order valence-electron chi connectivity index (χ3n) is 1.95. The van der Waals surface area contributed by atoms with Crippen LogP contribution in [0.3, 0.4) is 0 Å².